The van der Waals surface area contributed by atoms with Crippen LogP contribution in [0.4, 0.5) is 0 Å². The molecule has 0 saturated heterocycles. The number of allylic oxidation sites excluding steroid dienone is 2. The number of hydrogen-bond acceptors (Lipinski definition) is 2. The summed E-state index contributed by atoms with van der Waals surface area (Å²) in [6.07, 6.45) is 4.93. The smallest absolute Gasteiger partial charge is 0.165 e. The van der Waals surface area contributed by atoms with E-state index in [0.717, 1.165) is 24.8 Å². The van der Waals surface area contributed by atoms with Gasteiger partial charge in [0.25, 0.3) is 0 Å². The number of nitrogens with two attached hydrogens (primary N) is 1. The average molecular weight is 180 g/mol. The van der Waals surface area contributed by atoms with E-state index in [-0.39, 0.29) is 5.84 Å². The molecule has 1 atom stereocenters. The van der Waals surface area contributed by atoms with E-state index in [0.29, 0.717) is 5.92 Å². The van der Waals surface area contributed by atoms with Gasteiger partial charge in [0.2, 0.25) is 0 Å². The Morgan fingerprint density at radius 2 is 2.46 bits per heavy atom. The second-order valence-corrected chi connectivity index (χ2v) is 3.53. The maximum absolute atomic E-state index is 8.47. The highest BCUT2D eigenvalue weighted by atomic mass is 16.4. The van der Waals surface area contributed by atoms with E-state index in [1.807, 2.05) is 13.0 Å². The van der Waals surface area contributed by atoms with Crippen LogP contribution in [0.25, 0.3) is 0 Å². The number of amidine groups is 1. The predicted molar refractivity (Wildman–Crippen MR) is 53.6 cm³/mol. The molecule has 0 amide bonds. The standard InChI is InChI=1S/C10H16N2O/c1-7(2)8-3-5-9(6-4-8)10(11)12-13/h5,8,13H,1,3-4,6H2,2H3,(H2,11,12)/t8-/m1/s1. The van der Waals surface area contributed by atoms with Crippen LogP contribution in [0.1, 0.15) is 26.2 Å². The van der Waals surface area contributed by atoms with Gasteiger partial charge in [-0.1, -0.05) is 23.4 Å². The molecule has 1 rings (SSSR count). The molecule has 0 aromatic rings. The minimum absolute atomic E-state index is 0.250. The summed E-state index contributed by atoms with van der Waals surface area (Å²) < 4.78 is 0. The first-order chi connectivity index (χ1) is 6.15. The van der Waals surface area contributed by atoms with Gasteiger partial charge < -0.3 is 10.9 Å². The van der Waals surface area contributed by atoms with Crippen LogP contribution in [0.3, 0.4) is 0 Å². The molecule has 3 heteroatoms. The number of nitrogens with zero attached hydrogens (tertiary/aromatic N) is 1. The zero-order valence-corrected chi connectivity index (χ0v) is 7.95. The molecule has 0 bridgehead atoms. The quantitative estimate of drug-likeness (QED) is 0.224. The van der Waals surface area contributed by atoms with Crippen molar-refractivity contribution in [2.45, 2.75) is 26.2 Å². The van der Waals surface area contributed by atoms with E-state index in [1.54, 1.807) is 0 Å². The van der Waals surface area contributed by atoms with Crippen molar-refractivity contribution < 1.29 is 5.21 Å². The Morgan fingerprint density at radius 3 is 2.85 bits per heavy atom. The number of rotatable bonds is 2. The van der Waals surface area contributed by atoms with Crippen LogP contribution >= 0.6 is 0 Å². The van der Waals surface area contributed by atoms with Crippen molar-refractivity contribution in [2.24, 2.45) is 16.8 Å². The first-order valence-electron chi connectivity index (χ1n) is 4.47. The molecular formula is C10H16N2O. The Morgan fingerprint density at radius 1 is 1.77 bits per heavy atom. The van der Waals surface area contributed by atoms with E-state index < -0.39 is 0 Å². The highest BCUT2D eigenvalue weighted by Crippen LogP contribution is 2.27. The lowest BCUT2D eigenvalue weighted by atomic mass is 9.85. The molecule has 0 heterocycles. The van der Waals surface area contributed by atoms with Crippen molar-refractivity contribution in [3.8, 4) is 0 Å². The van der Waals surface area contributed by atoms with Gasteiger partial charge in [0.1, 0.15) is 0 Å². The third-order valence-electron chi connectivity index (χ3n) is 2.54. The molecule has 13 heavy (non-hydrogen) atoms. The zero-order chi connectivity index (χ0) is 9.84. The Hall–Kier alpha value is -1.25. The van der Waals surface area contributed by atoms with Gasteiger partial charge in [-0.3, -0.25) is 0 Å². The summed E-state index contributed by atoms with van der Waals surface area (Å²) >= 11 is 0. The molecule has 0 radical (unpaired) electrons. The molecule has 0 unspecified atom stereocenters. The van der Waals surface area contributed by atoms with E-state index in [4.69, 9.17) is 10.9 Å². The van der Waals surface area contributed by atoms with Crippen molar-refractivity contribution >= 4 is 5.84 Å². The van der Waals surface area contributed by atoms with Gasteiger partial charge in [-0.05, 0) is 37.7 Å². The maximum Gasteiger partial charge on any atom is 0.165 e. The van der Waals surface area contributed by atoms with Crippen LogP contribution in [0, 0.1) is 5.92 Å². The van der Waals surface area contributed by atoms with Gasteiger partial charge in [-0.15, -0.1) is 0 Å². The summed E-state index contributed by atoms with van der Waals surface area (Å²) in [7, 11) is 0. The van der Waals surface area contributed by atoms with Crippen molar-refractivity contribution in [3.63, 3.8) is 0 Å². The monoisotopic (exact) mass is 180 g/mol. The first-order valence-corrected chi connectivity index (χ1v) is 4.47. The molecule has 0 fully saturated rings. The third kappa shape index (κ3) is 2.34. The average Bonchev–Trinajstić information content (AvgIpc) is 2.17. The van der Waals surface area contributed by atoms with Crippen LogP contribution in [-0.4, -0.2) is 11.0 Å². The molecule has 1 aliphatic rings. The summed E-state index contributed by atoms with van der Waals surface area (Å²) in [6, 6.07) is 0. The number of oxime groups is 1. The van der Waals surface area contributed by atoms with Crippen LogP contribution in [-0.2, 0) is 0 Å². The van der Waals surface area contributed by atoms with Crippen molar-refractivity contribution in [3.05, 3.63) is 23.8 Å². The van der Waals surface area contributed by atoms with E-state index in [1.165, 1.54) is 5.57 Å². The zero-order valence-electron chi connectivity index (χ0n) is 7.95. The fraction of sp³-hybridized carbons (Fsp3) is 0.500. The molecule has 3 N–H and O–H groups in total. The third-order valence-corrected chi connectivity index (χ3v) is 2.54. The Labute approximate surface area is 78.6 Å². The van der Waals surface area contributed by atoms with Crippen LogP contribution < -0.4 is 5.73 Å². The fourth-order valence-corrected chi connectivity index (χ4v) is 1.58. The highest BCUT2D eigenvalue weighted by molar-refractivity contribution is 5.96. The Bertz CT molecular complexity index is 266. The predicted octanol–water partition coefficient (Wildman–Crippen LogP) is 2.04. The van der Waals surface area contributed by atoms with Gasteiger partial charge in [0.15, 0.2) is 5.84 Å². The SMILES string of the molecule is C=C(C)[C@@H]1CC=C(/C(N)=N/O)CC1. The summed E-state index contributed by atoms with van der Waals surface area (Å²) in [6.45, 7) is 5.98. The topological polar surface area (TPSA) is 58.6 Å². The van der Waals surface area contributed by atoms with Crippen molar-refractivity contribution in [1.82, 2.24) is 0 Å². The van der Waals surface area contributed by atoms with E-state index in [9.17, 15) is 0 Å². The van der Waals surface area contributed by atoms with E-state index >= 15 is 0 Å². The molecule has 0 aliphatic heterocycles. The molecular weight excluding hydrogens is 164 g/mol. The molecule has 72 valence electrons. The normalized spacial score (nSPS) is 23.9. The molecule has 0 spiro atoms. The summed E-state index contributed by atoms with van der Waals surface area (Å²) in [4.78, 5) is 0. The summed E-state index contributed by atoms with van der Waals surface area (Å²) in [5.41, 5.74) is 7.65. The largest absolute Gasteiger partial charge is 0.409 e. The van der Waals surface area contributed by atoms with Gasteiger partial charge in [0.05, 0.1) is 0 Å². The van der Waals surface area contributed by atoms with Gasteiger partial charge in [0, 0.05) is 0 Å². The Kier molecular flexibility index (Phi) is 3.12. The lowest BCUT2D eigenvalue weighted by Crippen LogP contribution is -2.18. The van der Waals surface area contributed by atoms with E-state index in [2.05, 4.69) is 11.7 Å². The first kappa shape index (κ1) is 9.84. The molecule has 0 saturated carbocycles. The second kappa shape index (κ2) is 4.12. The Balaban J connectivity index is 2.63. The second-order valence-electron chi connectivity index (χ2n) is 3.53. The molecule has 3 nitrogen and oxygen atoms in total. The van der Waals surface area contributed by atoms with Crippen molar-refractivity contribution in [2.75, 3.05) is 0 Å². The minimum Gasteiger partial charge on any atom is -0.409 e. The van der Waals surface area contributed by atoms with Gasteiger partial charge >= 0.3 is 0 Å². The minimum atomic E-state index is 0.250. The molecule has 1 aliphatic carbocycles. The van der Waals surface area contributed by atoms with Gasteiger partial charge in [-0.25, -0.2) is 0 Å². The highest BCUT2D eigenvalue weighted by Gasteiger charge is 2.16. The molecule has 0 aromatic carbocycles. The summed E-state index contributed by atoms with van der Waals surface area (Å²) in [5.74, 6) is 0.815. The van der Waals surface area contributed by atoms with Crippen LogP contribution in [0.15, 0.2) is 29.0 Å². The van der Waals surface area contributed by atoms with Crippen LogP contribution in [0.2, 0.25) is 0 Å². The van der Waals surface area contributed by atoms with Gasteiger partial charge in [-0.2, -0.15) is 0 Å². The van der Waals surface area contributed by atoms with Crippen LogP contribution in [0.5, 0.6) is 0 Å². The molecule has 0 aromatic heterocycles. The lowest BCUT2D eigenvalue weighted by Gasteiger charge is -2.21. The van der Waals surface area contributed by atoms with Crippen molar-refractivity contribution in [1.29, 1.82) is 0 Å². The maximum atomic E-state index is 8.47. The fourth-order valence-electron chi connectivity index (χ4n) is 1.58. The lowest BCUT2D eigenvalue weighted by molar-refractivity contribution is 0.318. The number of hydrogen-bond donors (Lipinski definition) is 2. The summed E-state index contributed by atoms with van der Waals surface area (Å²) in [5, 5.41) is 11.5.